The molecule has 1 N–H and O–H groups in total. The first-order valence-electron chi connectivity index (χ1n) is 3.71. The molecule has 1 aromatic heterocycles. The van der Waals surface area contributed by atoms with Crippen molar-refractivity contribution in [3.8, 4) is 0 Å². The van der Waals surface area contributed by atoms with E-state index in [0.29, 0.717) is 0 Å². The Labute approximate surface area is 73.3 Å². The summed E-state index contributed by atoms with van der Waals surface area (Å²) in [6, 6.07) is 0.448. The number of nitrogens with zero attached hydrogens (tertiary/aromatic N) is 2. The molecule has 0 aliphatic carbocycles. The summed E-state index contributed by atoms with van der Waals surface area (Å²) in [5, 5.41) is 3.29. The van der Waals surface area contributed by atoms with Crippen LogP contribution in [-0.2, 0) is 12.7 Å². The van der Waals surface area contributed by atoms with Gasteiger partial charge in [-0.25, -0.2) is 0 Å². The lowest BCUT2D eigenvalue weighted by Gasteiger charge is -2.12. The van der Waals surface area contributed by atoms with Gasteiger partial charge >= 0.3 is 6.18 Å². The van der Waals surface area contributed by atoms with Gasteiger partial charge < -0.3 is 5.73 Å². The van der Waals surface area contributed by atoms with Crippen LogP contribution in [0.2, 0.25) is 0 Å². The van der Waals surface area contributed by atoms with Gasteiger partial charge in [0.2, 0.25) is 0 Å². The highest BCUT2D eigenvalue weighted by molar-refractivity contribution is 5.03. The van der Waals surface area contributed by atoms with Gasteiger partial charge in [-0.05, 0) is 6.07 Å². The highest BCUT2D eigenvalue weighted by Crippen LogP contribution is 2.27. The summed E-state index contributed by atoms with van der Waals surface area (Å²) in [6.07, 6.45) is -3.16. The largest absolute Gasteiger partial charge is 0.673 e. The SMILES string of the molecule is CC([NH-])Cn1ccc(C(F)(F)F)n1. The fourth-order valence-electron chi connectivity index (χ4n) is 0.895. The van der Waals surface area contributed by atoms with Gasteiger partial charge in [0, 0.05) is 12.7 Å². The first kappa shape index (κ1) is 10.0. The molecule has 13 heavy (non-hydrogen) atoms. The quantitative estimate of drug-likeness (QED) is 0.709. The molecule has 6 heteroatoms. The highest BCUT2D eigenvalue weighted by Gasteiger charge is 2.33. The maximum absolute atomic E-state index is 12.0. The summed E-state index contributed by atoms with van der Waals surface area (Å²) in [6.45, 7) is 1.77. The van der Waals surface area contributed by atoms with Gasteiger partial charge in [-0.3, -0.25) is 4.68 Å². The predicted molar refractivity (Wildman–Crippen MR) is 41.0 cm³/mol. The Morgan fingerprint density at radius 2 is 2.23 bits per heavy atom. The van der Waals surface area contributed by atoms with Gasteiger partial charge in [0.25, 0.3) is 0 Å². The Bertz CT molecular complexity index is 277. The van der Waals surface area contributed by atoms with E-state index in [1.807, 2.05) is 0 Å². The van der Waals surface area contributed by atoms with E-state index in [1.165, 1.54) is 6.20 Å². The van der Waals surface area contributed by atoms with Gasteiger partial charge in [-0.15, -0.1) is 6.04 Å². The number of rotatable bonds is 2. The first-order chi connectivity index (χ1) is 5.89. The summed E-state index contributed by atoms with van der Waals surface area (Å²) >= 11 is 0. The minimum absolute atomic E-state index is 0.177. The molecule has 0 radical (unpaired) electrons. The molecule has 0 aliphatic rings. The summed E-state index contributed by atoms with van der Waals surface area (Å²) in [5.74, 6) is 0. The third-order valence-electron chi connectivity index (χ3n) is 1.39. The molecule has 0 saturated carbocycles. The van der Waals surface area contributed by atoms with Crippen molar-refractivity contribution in [1.29, 1.82) is 0 Å². The van der Waals surface area contributed by atoms with E-state index in [2.05, 4.69) is 5.10 Å². The number of halogens is 3. The van der Waals surface area contributed by atoms with Crippen molar-refractivity contribution in [2.75, 3.05) is 0 Å². The molecule has 3 nitrogen and oxygen atoms in total. The minimum atomic E-state index is -4.39. The molecule has 0 fully saturated rings. The second-order valence-corrected chi connectivity index (χ2v) is 2.82. The molecule has 1 rings (SSSR count). The van der Waals surface area contributed by atoms with Gasteiger partial charge in [-0.2, -0.15) is 18.3 Å². The second-order valence-electron chi connectivity index (χ2n) is 2.82. The lowest BCUT2D eigenvalue weighted by Crippen LogP contribution is -2.11. The van der Waals surface area contributed by atoms with Crippen molar-refractivity contribution in [3.63, 3.8) is 0 Å². The van der Waals surface area contributed by atoms with Crippen LogP contribution in [0.15, 0.2) is 12.3 Å². The van der Waals surface area contributed by atoms with Gasteiger partial charge in [0.1, 0.15) is 0 Å². The lowest BCUT2D eigenvalue weighted by molar-refractivity contribution is -0.141. The fraction of sp³-hybridized carbons (Fsp3) is 0.571. The van der Waals surface area contributed by atoms with Crippen molar-refractivity contribution in [3.05, 3.63) is 23.7 Å². The van der Waals surface area contributed by atoms with Crippen LogP contribution in [0.1, 0.15) is 12.6 Å². The maximum Gasteiger partial charge on any atom is 0.435 e. The lowest BCUT2D eigenvalue weighted by atomic mass is 10.4. The van der Waals surface area contributed by atoms with Crippen molar-refractivity contribution in [2.24, 2.45) is 0 Å². The average molecular weight is 192 g/mol. The third-order valence-corrected chi connectivity index (χ3v) is 1.39. The molecular formula is C7H9F3N3-. The summed E-state index contributed by atoms with van der Waals surface area (Å²) < 4.78 is 37.2. The predicted octanol–water partition coefficient (Wildman–Crippen LogP) is 2.34. The summed E-state index contributed by atoms with van der Waals surface area (Å²) in [5.41, 5.74) is 6.23. The van der Waals surface area contributed by atoms with Crippen LogP contribution in [0.25, 0.3) is 5.73 Å². The van der Waals surface area contributed by atoms with Crippen LogP contribution in [0.4, 0.5) is 13.2 Å². The molecule has 1 aromatic rings. The normalized spacial score (nSPS) is 14.5. The zero-order chi connectivity index (χ0) is 10.1. The van der Waals surface area contributed by atoms with Crippen molar-refractivity contribution < 1.29 is 13.2 Å². The van der Waals surface area contributed by atoms with E-state index in [0.717, 1.165) is 10.7 Å². The zero-order valence-electron chi connectivity index (χ0n) is 6.97. The Morgan fingerprint density at radius 1 is 1.62 bits per heavy atom. The van der Waals surface area contributed by atoms with Gasteiger partial charge in [-0.1, -0.05) is 6.92 Å². The van der Waals surface area contributed by atoms with E-state index >= 15 is 0 Å². The molecule has 1 atom stereocenters. The fourth-order valence-corrected chi connectivity index (χ4v) is 0.895. The van der Waals surface area contributed by atoms with E-state index in [4.69, 9.17) is 5.73 Å². The highest BCUT2D eigenvalue weighted by atomic mass is 19.4. The number of hydrogen-bond donors (Lipinski definition) is 0. The average Bonchev–Trinajstić information content (AvgIpc) is 2.32. The minimum Gasteiger partial charge on any atom is -0.673 e. The van der Waals surface area contributed by atoms with Crippen molar-refractivity contribution >= 4 is 0 Å². The smallest absolute Gasteiger partial charge is 0.435 e. The molecule has 0 amide bonds. The number of nitrogens with one attached hydrogen (secondary N) is 1. The number of hydrogen-bond acceptors (Lipinski definition) is 1. The van der Waals surface area contributed by atoms with Crippen LogP contribution in [0.3, 0.4) is 0 Å². The van der Waals surface area contributed by atoms with E-state index in [1.54, 1.807) is 6.92 Å². The van der Waals surface area contributed by atoms with E-state index < -0.39 is 17.9 Å². The number of aromatic nitrogens is 2. The molecule has 1 unspecified atom stereocenters. The van der Waals surface area contributed by atoms with Gasteiger partial charge in [0.15, 0.2) is 5.69 Å². The van der Waals surface area contributed by atoms with Gasteiger partial charge in [0.05, 0.1) is 0 Å². The molecule has 1 heterocycles. The van der Waals surface area contributed by atoms with E-state index in [9.17, 15) is 13.2 Å². The molecule has 0 aromatic carbocycles. The van der Waals surface area contributed by atoms with Crippen LogP contribution in [0, 0.1) is 0 Å². The Morgan fingerprint density at radius 3 is 2.62 bits per heavy atom. The summed E-state index contributed by atoms with van der Waals surface area (Å²) in [7, 11) is 0. The van der Waals surface area contributed by atoms with Crippen LogP contribution < -0.4 is 0 Å². The Hall–Kier alpha value is -1.04. The Balaban J connectivity index is 2.75. The zero-order valence-corrected chi connectivity index (χ0v) is 6.97. The second kappa shape index (κ2) is 3.37. The molecule has 0 bridgehead atoms. The molecule has 74 valence electrons. The third kappa shape index (κ3) is 2.73. The van der Waals surface area contributed by atoms with Crippen molar-refractivity contribution in [2.45, 2.75) is 25.7 Å². The molecule has 0 saturated heterocycles. The summed E-state index contributed by atoms with van der Waals surface area (Å²) in [4.78, 5) is 0. The monoisotopic (exact) mass is 192 g/mol. The standard InChI is InChI=1S/C7H9F3N3/c1-5(11)4-13-3-2-6(12-13)7(8,9)10/h2-3,5,11H,4H2,1H3/q-1. The maximum atomic E-state index is 12.0. The number of alkyl halides is 3. The molecule has 0 aliphatic heterocycles. The Kier molecular flexibility index (Phi) is 2.60. The van der Waals surface area contributed by atoms with Crippen LogP contribution in [-0.4, -0.2) is 15.8 Å². The van der Waals surface area contributed by atoms with Crippen LogP contribution >= 0.6 is 0 Å². The van der Waals surface area contributed by atoms with E-state index in [-0.39, 0.29) is 6.54 Å². The van der Waals surface area contributed by atoms with Crippen molar-refractivity contribution in [1.82, 2.24) is 9.78 Å². The molecule has 0 spiro atoms. The topological polar surface area (TPSA) is 41.6 Å². The molecular weight excluding hydrogens is 183 g/mol. The first-order valence-corrected chi connectivity index (χ1v) is 3.71. The van der Waals surface area contributed by atoms with Crippen LogP contribution in [0.5, 0.6) is 0 Å².